The van der Waals surface area contributed by atoms with Gasteiger partial charge in [-0.05, 0) is 17.5 Å². The molecule has 0 aliphatic rings. The first-order valence-electron chi connectivity index (χ1n) is 9.60. The van der Waals surface area contributed by atoms with Crippen LogP contribution in [0.5, 0.6) is 0 Å². The Labute approximate surface area is 160 Å². The average molecular weight is 365 g/mol. The van der Waals surface area contributed by atoms with Crippen molar-refractivity contribution in [2.75, 3.05) is 0 Å². The highest BCUT2D eigenvalue weighted by atomic mass is 28.3. The summed E-state index contributed by atoms with van der Waals surface area (Å²) in [5.41, 5.74) is 1.21. The van der Waals surface area contributed by atoms with E-state index in [0.29, 0.717) is 18.6 Å². The molecule has 0 bridgehead atoms. The Kier molecular flexibility index (Phi) is 6.77. The number of ketones is 1. The van der Waals surface area contributed by atoms with Gasteiger partial charge in [0.1, 0.15) is 13.9 Å². The molecule has 0 N–H and O–H groups in total. The van der Waals surface area contributed by atoms with Crippen LogP contribution in [0.25, 0.3) is 0 Å². The van der Waals surface area contributed by atoms with Gasteiger partial charge in [0.25, 0.3) is 0 Å². The molecule has 2 aromatic rings. The highest BCUT2D eigenvalue weighted by Crippen LogP contribution is 2.40. The molecule has 2 heteroatoms. The average Bonchev–Trinajstić information content (AvgIpc) is 2.64. The second-order valence-corrected chi connectivity index (χ2v) is 13.0. The summed E-state index contributed by atoms with van der Waals surface area (Å²) in [5, 5.41) is 3.02. The summed E-state index contributed by atoms with van der Waals surface area (Å²) in [5.74, 6) is 0.327. The lowest BCUT2D eigenvalue weighted by Crippen LogP contribution is -2.64. The predicted octanol–water partition coefficient (Wildman–Crippen LogP) is 5.37. The van der Waals surface area contributed by atoms with Crippen molar-refractivity contribution < 1.29 is 4.79 Å². The number of allylic oxidation sites excluding steroid dienone is 1. The number of benzene rings is 2. The number of Topliss-reactive ketones (excluding diaryl/α,β-unsaturated/α-hetero) is 1. The van der Waals surface area contributed by atoms with Crippen LogP contribution in [0.4, 0.5) is 0 Å². The first-order valence-corrected chi connectivity index (χ1v) is 11.8. The summed E-state index contributed by atoms with van der Waals surface area (Å²) < 4.78 is 0. The number of rotatable bonds is 8. The largest absolute Gasteiger partial charge is 0.300 e. The van der Waals surface area contributed by atoms with E-state index in [2.05, 4.69) is 88.0 Å². The van der Waals surface area contributed by atoms with E-state index in [1.807, 2.05) is 6.92 Å². The molecule has 138 valence electrons. The second-order valence-electron chi connectivity index (χ2n) is 8.21. The van der Waals surface area contributed by atoms with Crippen molar-refractivity contribution in [3.8, 4) is 0 Å². The molecule has 0 unspecified atom stereocenters. The standard InChI is InChI=1S/C24H32OSi/c1-6-21(25)18-17-20(2)19-26(24(3,4)5,22-13-9-7-10-14-22)23-15-11-8-12-16-23/h7-16H,2,6,17-19H2,1,3-5H3. The number of carbonyl (C=O) groups excluding carboxylic acids is 1. The summed E-state index contributed by atoms with van der Waals surface area (Å²) in [6.07, 6.45) is 2.04. The quantitative estimate of drug-likeness (QED) is 0.455. The summed E-state index contributed by atoms with van der Waals surface area (Å²) in [6, 6.07) is 22.9. The van der Waals surface area contributed by atoms with Crippen molar-refractivity contribution in [1.82, 2.24) is 0 Å². The van der Waals surface area contributed by atoms with E-state index in [0.717, 1.165) is 12.5 Å². The van der Waals surface area contributed by atoms with Gasteiger partial charge >= 0.3 is 0 Å². The molecule has 26 heavy (non-hydrogen) atoms. The Balaban J connectivity index is 2.50. The minimum atomic E-state index is -2.11. The van der Waals surface area contributed by atoms with Crippen LogP contribution in [-0.2, 0) is 4.79 Å². The van der Waals surface area contributed by atoms with Crippen LogP contribution in [0.2, 0.25) is 11.1 Å². The molecule has 0 aromatic heterocycles. The molecular weight excluding hydrogens is 332 g/mol. The molecule has 0 radical (unpaired) electrons. The van der Waals surface area contributed by atoms with Crippen LogP contribution in [-0.4, -0.2) is 13.9 Å². The Hall–Kier alpha value is -1.93. The lowest BCUT2D eigenvalue weighted by Gasteiger charge is -2.45. The Bertz CT molecular complexity index is 686. The third-order valence-electron chi connectivity index (χ3n) is 5.48. The van der Waals surface area contributed by atoms with E-state index in [1.54, 1.807) is 0 Å². The molecule has 2 aromatic carbocycles. The Morgan fingerprint density at radius 1 is 0.885 bits per heavy atom. The molecule has 0 fully saturated rings. The molecule has 2 rings (SSSR count). The SMILES string of the molecule is C=C(CCC(=O)CC)C[Si](c1ccccc1)(c1ccccc1)C(C)(C)C. The topological polar surface area (TPSA) is 17.1 Å². The maximum absolute atomic E-state index is 11.8. The normalized spacial score (nSPS) is 12.0. The van der Waals surface area contributed by atoms with E-state index in [-0.39, 0.29) is 5.04 Å². The van der Waals surface area contributed by atoms with Crippen molar-refractivity contribution in [2.24, 2.45) is 0 Å². The summed E-state index contributed by atoms with van der Waals surface area (Å²) in [7, 11) is -2.11. The maximum atomic E-state index is 11.8. The first kappa shape index (κ1) is 20.4. The van der Waals surface area contributed by atoms with Gasteiger partial charge in [-0.2, -0.15) is 0 Å². The molecule has 0 aliphatic heterocycles. The molecule has 0 atom stereocenters. The number of hydrogen-bond acceptors (Lipinski definition) is 1. The van der Waals surface area contributed by atoms with Gasteiger partial charge < -0.3 is 0 Å². The fourth-order valence-corrected chi connectivity index (χ4v) is 9.36. The molecule has 0 saturated heterocycles. The van der Waals surface area contributed by atoms with Gasteiger partial charge in [-0.15, -0.1) is 6.58 Å². The molecule has 1 nitrogen and oxygen atoms in total. The monoisotopic (exact) mass is 364 g/mol. The Morgan fingerprint density at radius 3 is 1.73 bits per heavy atom. The van der Waals surface area contributed by atoms with Gasteiger partial charge in [-0.1, -0.05) is 104 Å². The second kappa shape index (κ2) is 8.63. The first-order chi connectivity index (χ1) is 12.3. The Morgan fingerprint density at radius 2 is 1.35 bits per heavy atom. The van der Waals surface area contributed by atoms with Gasteiger partial charge in [0, 0.05) is 12.8 Å². The van der Waals surface area contributed by atoms with E-state index in [9.17, 15) is 4.79 Å². The summed E-state index contributed by atoms with van der Waals surface area (Å²) in [4.78, 5) is 11.8. The minimum absolute atomic E-state index is 0.132. The molecule has 0 heterocycles. The fraction of sp³-hybridized carbons (Fsp3) is 0.375. The zero-order valence-corrected chi connectivity index (χ0v) is 17.7. The van der Waals surface area contributed by atoms with Crippen LogP contribution >= 0.6 is 0 Å². The van der Waals surface area contributed by atoms with Gasteiger partial charge in [-0.25, -0.2) is 0 Å². The number of hydrogen-bond donors (Lipinski definition) is 0. The van der Waals surface area contributed by atoms with Crippen molar-refractivity contribution in [3.63, 3.8) is 0 Å². The lowest BCUT2D eigenvalue weighted by molar-refractivity contribution is -0.118. The van der Waals surface area contributed by atoms with Gasteiger partial charge in [0.2, 0.25) is 0 Å². The predicted molar refractivity (Wildman–Crippen MR) is 116 cm³/mol. The van der Waals surface area contributed by atoms with Crippen molar-refractivity contribution in [3.05, 3.63) is 72.8 Å². The molecular formula is C24H32OSi. The molecule has 0 saturated carbocycles. The zero-order valence-electron chi connectivity index (χ0n) is 16.7. The summed E-state index contributed by atoms with van der Waals surface area (Å²) >= 11 is 0. The van der Waals surface area contributed by atoms with Crippen molar-refractivity contribution >= 4 is 24.2 Å². The minimum Gasteiger partial charge on any atom is -0.300 e. The van der Waals surface area contributed by atoms with E-state index < -0.39 is 8.07 Å². The highest BCUT2D eigenvalue weighted by molar-refractivity contribution is 7.04. The third kappa shape index (κ3) is 4.42. The molecule has 0 amide bonds. The molecule has 0 spiro atoms. The maximum Gasteiger partial charge on any atom is 0.132 e. The smallest absolute Gasteiger partial charge is 0.132 e. The van der Waals surface area contributed by atoms with Crippen LogP contribution < -0.4 is 10.4 Å². The fourth-order valence-electron chi connectivity index (χ4n) is 3.90. The van der Waals surface area contributed by atoms with Crippen molar-refractivity contribution in [2.45, 2.75) is 58.0 Å². The summed E-state index contributed by atoms with van der Waals surface area (Å²) in [6.45, 7) is 13.4. The van der Waals surface area contributed by atoms with E-state index >= 15 is 0 Å². The van der Waals surface area contributed by atoms with Gasteiger partial charge in [0.05, 0.1) is 0 Å². The van der Waals surface area contributed by atoms with Crippen LogP contribution in [0.1, 0.15) is 47.0 Å². The zero-order chi connectivity index (χ0) is 19.2. The number of carbonyl (C=O) groups is 1. The lowest BCUT2D eigenvalue weighted by atomic mass is 10.1. The van der Waals surface area contributed by atoms with Crippen molar-refractivity contribution in [1.29, 1.82) is 0 Å². The van der Waals surface area contributed by atoms with E-state index in [4.69, 9.17) is 0 Å². The van der Waals surface area contributed by atoms with Gasteiger partial charge in [-0.3, -0.25) is 4.79 Å². The van der Waals surface area contributed by atoms with Crippen LogP contribution in [0, 0.1) is 0 Å². The highest BCUT2D eigenvalue weighted by Gasteiger charge is 2.47. The van der Waals surface area contributed by atoms with Gasteiger partial charge in [0.15, 0.2) is 0 Å². The molecule has 0 aliphatic carbocycles. The van der Waals surface area contributed by atoms with Crippen LogP contribution in [0.15, 0.2) is 72.8 Å². The third-order valence-corrected chi connectivity index (χ3v) is 11.7. The van der Waals surface area contributed by atoms with E-state index in [1.165, 1.54) is 15.9 Å². The van der Waals surface area contributed by atoms with Crippen LogP contribution in [0.3, 0.4) is 0 Å².